The van der Waals surface area contributed by atoms with E-state index in [1.165, 1.54) is 18.2 Å². The smallest absolute Gasteiger partial charge is 0.244 e. The number of amides is 1. The molecule has 2 heterocycles. The SMILES string of the molecule is O=C(/C=C/c1ccc(CNS(=O)(=O)c2ccccc2)o1)NC[C@@H]1CCCO1. The first-order chi connectivity index (χ1) is 13.0. The molecule has 0 spiro atoms. The first-order valence-electron chi connectivity index (χ1n) is 8.74. The Labute approximate surface area is 158 Å². The van der Waals surface area contributed by atoms with Crippen LogP contribution in [0.25, 0.3) is 6.08 Å². The van der Waals surface area contributed by atoms with Crippen LogP contribution in [0.5, 0.6) is 0 Å². The van der Waals surface area contributed by atoms with Crippen molar-refractivity contribution in [3.63, 3.8) is 0 Å². The number of sulfonamides is 1. The summed E-state index contributed by atoms with van der Waals surface area (Å²) in [5.41, 5.74) is 0. The molecule has 0 saturated carbocycles. The Morgan fingerprint density at radius 1 is 1.19 bits per heavy atom. The highest BCUT2D eigenvalue weighted by Gasteiger charge is 2.16. The fourth-order valence-corrected chi connectivity index (χ4v) is 3.68. The highest BCUT2D eigenvalue weighted by Crippen LogP contribution is 2.13. The number of carbonyl (C=O) groups is 1. The Kier molecular flexibility index (Phi) is 6.44. The van der Waals surface area contributed by atoms with Gasteiger partial charge < -0.3 is 14.5 Å². The van der Waals surface area contributed by atoms with Crippen molar-refractivity contribution >= 4 is 22.0 Å². The zero-order chi connectivity index (χ0) is 19.1. The van der Waals surface area contributed by atoms with Crippen LogP contribution in [0.4, 0.5) is 0 Å². The lowest BCUT2D eigenvalue weighted by Crippen LogP contribution is -2.30. The minimum absolute atomic E-state index is 0.0241. The van der Waals surface area contributed by atoms with E-state index in [2.05, 4.69) is 10.0 Å². The third-order valence-corrected chi connectivity index (χ3v) is 5.52. The highest BCUT2D eigenvalue weighted by atomic mass is 32.2. The van der Waals surface area contributed by atoms with E-state index in [1.54, 1.807) is 36.4 Å². The molecule has 0 bridgehead atoms. The van der Waals surface area contributed by atoms with E-state index in [4.69, 9.17) is 9.15 Å². The summed E-state index contributed by atoms with van der Waals surface area (Å²) in [4.78, 5) is 12.0. The van der Waals surface area contributed by atoms with Gasteiger partial charge in [-0.1, -0.05) is 18.2 Å². The van der Waals surface area contributed by atoms with Crippen molar-refractivity contribution in [3.05, 3.63) is 60.1 Å². The van der Waals surface area contributed by atoms with Crippen molar-refractivity contribution in [1.29, 1.82) is 0 Å². The second-order valence-electron chi connectivity index (χ2n) is 6.16. The van der Waals surface area contributed by atoms with Crippen LogP contribution in [0, 0.1) is 0 Å². The Bertz CT molecular complexity index is 884. The molecule has 3 rings (SSSR count). The molecule has 7 nitrogen and oxygen atoms in total. The van der Waals surface area contributed by atoms with Gasteiger partial charge in [-0.3, -0.25) is 4.79 Å². The molecule has 0 radical (unpaired) electrons. The first kappa shape index (κ1) is 19.3. The summed E-state index contributed by atoms with van der Waals surface area (Å²) in [5.74, 6) is 0.693. The third-order valence-electron chi connectivity index (χ3n) is 4.10. The molecule has 1 aliphatic rings. The van der Waals surface area contributed by atoms with Crippen molar-refractivity contribution in [2.45, 2.75) is 30.4 Å². The van der Waals surface area contributed by atoms with E-state index in [1.807, 2.05) is 0 Å². The normalized spacial score (nSPS) is 17.4. The van der Waals surface area contributed by atoms with Crippen molar-refractivity contribution in [1.82, 2.24) is 10.0 Å². The third kappa shape index (κ3) is 5.78. The van der Waals surface area contributed by atoms with E-state index < -0.39 is 10.0 Å². The number of rotatable bonds is 8. The summed E-state index contributed by atoms with van der Waals surface area (Å²) in [6, 6.07) is 11.5. The molecule has 2 aromatic rings. The Morgan fingerprint density at radius 2 is 2.00 bits per heavy atom. The lowest BCUT2D eigenvalue weighted by Gasteiger charge is -2.08. The van der Waals surface area contributed by atoms with Gasteiger partial charge in [-0.2, -0.15) is 0 Å². The number of ether oxygens (including phenoxy) is 1. The van der Waals surface area contributed by atoms with Crippen LogP contribution in [0.15, 0.2) is 57.9 Å². The molecule has 2 N–H and O–H groups in total. The van der Waals surface area contributed by atoms with Gasteiger partial charge in [0.25, 0.3) is 0 Å². The highest BCUT2D eigenvalue weighted by molar-refractivity contribution is 7.89. The van der Waals surface area contributed by atoms with Crippen LogP contribution in [0.3, 0.4) is 0 Å². The summed E-state index contributed by atoms with van der Waals surface area (Å²) in [7, 11) is -3.59. The molecule has 8 heteroatoms. The minimum atomic E-state index is -3.59. The van der Waals surface area contributed by atoms with Crippen molar-refractivity contribution in [2.24, 2.45) is 0 Å². The lowest BCUT2D eigenvalue weighted by molar-refractivity contribution is -0.116. The second-order valence-corrected chi connectivity index (χ2v) is 7.92. The molecular formula is C19H22N2O5S. The Balaban J connectivity index is 1.48. The fraction of sp³-hybridized carbons (Fsp3) is 0.316. The molecule has 0 aliphatic carbocycles. The molecule has 1 aromatic heterocycles. The van der Waals surface area contributed by atoms with E-state index in [9.17, 15) is 13.2 Å². The quantitative estimate of drug-likeness (QED) is 0.673. The molecule has 27 heavy (non-hydrogen) atoms. The maximum absolute atomic E-state index is 12.2. The summed E-state index contributed by atoms with van der Waals surface area (Å²) in [6.45, 7) is 1.27. The second kappa shape index (κ2) is 8.98. The number of hydrogen-bond donors (Lipinski definition) is 2. The zero-order valence-electron chi connectivity index (χ0n) is 14.8. The van der Waals surface area contributed by atoms with Crippen LogP contribution in [-0.2, 0) is 26.1 Å². The summed E-state index contributed by atoms with van der Waals surface area (Å²) >= 11 is 0. The minimum Gasteiger partial charge on any atom is -0.460 e. The van der Waals surface area contributed by atoms with Gasteiger partial charge in [0.2, 0.25) is 15.9 Å². The molecular weight excluding hydrogens is 368 g/mol. The summed E-state index contributed by atoms with van der Waals surface area (Å²) < 4.78 is 37.8. The van der Waals surface area contributed by atoms with Crippen LogP contribution < -0.4 is 10.0 Å². The van der Waals surface area contributed by atoms with Gasteiger partial charge in [-0.05, 0) is 43.2 Å². The topological polar surface area (TPSA) is 97.6 Å². The molecule has 1 amide bonds. The molecule has 1 fully saturated rings. The summed E-state index contributed by atoms with van der Waals surface area (Å²) in [5, 5.41) is 2.78. The first-order valence-corrected chi connectivity index (χ1v) is 10.2. The molecule has 144 valence electrons. The predicted molar refractivity (Wildman–Crippen MR) is 100 cm³/mol. The maximum Gasteiger partial charge on any atom is 0.244 e. The summed E-state index contributed by atoms with van der Waals surface area (Å²) in [6.07, 6.45) is 5.01. The Hall–Kier alpha value is -2.42. The average molecular weight is 390 g/mol. The molecule has 1 atom stereocenters. The molecule has 1 aliphatic heterocycles. The standard InChI is InChI=1S/C19H22N2O5S/c22-19(20-13-16-5-4-12-25-16)11-10-15-8-9-17(26-15)14-21-27(23,24)18-6-2-1-3-7-18/h1-3,6-11,16,21H,4-5,12-14H2,(H,20,22)/b11-10+/t16-/m0/s1. The number of carbonyl (C=O) groups excluding carboxylic acids is 1. The lowest BCUT2D eigenvalue weighted by atomic mass is 10.2. The molecule has 0 unspecified atom stereocenters. The van der Waals surface area contributed by atoms with Crippen LogP contribution in [0.2, 0.25) is 0 Å². The predicted octanol–water partition coefficient (Wildman–Crippen LogP) is 2.07. The average Bonchev–Trinajstić information content (AvgIpc) is 3.36. The Morgan fingerprint density at radius 3 is 2.74 bits per heavy atom. The van der Waals surface area contributed by atoms with Gasteiger partial charge in [0.05, 0.1) is 17.5 Å². The molecule has 1 aromatic carbocycles. The largest absolute Gasteiger partial charge is 0.460 e. The zero-order valence-corrected chi connectivity index (χ0v) is 15.6. The van der Waals surface area contributed by atoms with Crippen LogP contribution >= 0.6 is 0 Å². The van der Waals surface area contributed by atoms with Gasteiger partial charge >= 0.3 is 0 Å². The van der Waals surface area contributed by atoms with Gasteiger partial charge in [0, 0.05) is 19.2 Å². The number of benzene rings is 1. The van der Waals surface area contributed by atoms with E-state index in [-0.39, 0.29) is 23.5 Å². The van der Waals surface area contributed by atoms with Gasteiger partial charge in [-0.15, -0.1) is 0 Å². The van der Waals surface area contributed by atoms with Crippen molar-refractivity contribution in [2.75, 3.05) is 13.2 Å². The van der Waals surface area contributed by atoms with Gasteiger partial charge in [-0.25, -0.2) is 13.1 Å². The maximum atomic E-state index is 12.2. The van der Waals surface area contributed by atoms with Crippen LogP contribution in [-0.4, -0.2) is 33.6 Å². The van der Waals surface area contributed by atoms with E-state index in [0.29, 0.717) is 18.1 Å². The van der Waals surface area contributed by atoms with Crippen LogP contribution in [0.1, 0.15) is 24.4 Å². The fourth-order valence-electron chi connectivity index (χ4n) is 2.66. The van der Waals surface area contributed by atoms with Crippen molar-refractivity contribution < 1.29 is 22.4 Å². The van der Waals surface area contributed by atoms with Crippen molar-refractivity contribution in [3.8, 4) is 0 Å². The van der Waals surface area contributed by atoms with Gasteiger partial charge in [0.15, 0.2) is 0 Å². The number of nitrogens with one attached hydrogen (secondary N) is 2. The van der Waals surface area contributed by atoms with E-state index in [0.717, 1.165) is 19.4 Å². The monoisotopic (exact) mass is 390 g/mol. The van der Waals surface area contributed by atoms with E-state index >= 15 is 0 Å². The number of furan rings is 1. The van der Waals surface area contributed by atoms with Gasteiger partial charge in [0.1, 0.15) is 11.5 Å². The number of hydrogen-bond acceptors (Lipinski definition) is 5. The molecule has 1 saturated heterocycles.